The van der Waals surface area contributed by atoms with E-state index in [-0.39, 0.29) is 43.4 Å². The highest BCUT2D eigenvalue weighted by molar-refractivity contribution is 5.79. The third-order valence-electron chi connectivity index (χ3n) is 6.49. The molecule has 2 amide bonds. The fourth-order valence-electron chi connectivity index (χ4n) is 4.70. The van der Waals surface area contributed by atoms with Gasteiger partial charge in [-0.05, 0) is 42.0 Å². The van der Waals surface area contributed by atoms with Gasteiger partial charge in [0.05, 0.1) is 18.4 Å². The normalized spacial score (nSPS) is 19.3. The summed E-state index contributed by atoms with van der Waals surface area (Å²) < 4.78 is 11.1. The smallest absolute Gasteiger partial charge is 0.407 e. The summed E-state index contributed by atoms with van der Waals surface area (Å²) in [4.78, 5) is 35.6. The summed E-state index contributed by atoms with van der Waals surface area (Å²) in [7, 11) is 0. The molecule has 0 aliphatic heterocycles. The Morgan fingerprint density at radius 3 is 2.24 bits per heavy atom. The lowest BCUT2D eigenvalue weighted by molar-refractivity contribution is -0.146. The summed E-state index contributed by atoms with van der Waals surface area (Å²) in [6.45, 7) is 2.57. The van der Waals surface area contributed by atoms with Crippen LogP contribution in [0.2, 0.25) is 0 Å². The number of hydrogen-bond donors (Lipinski definition) is 3. The maximum Gasteiger partial charge on any atom is 0.407 e. The van der Waals surface area contributed by atoms with Crippen LogP contribution < -0.4 is 10.6 Å². The van der Waals surface area contributed by atoms with E-state index >= 15 is 0 Å². The quantitative estimate of drug-likeness (QED) is 0.495. The number of benzene rings is 2. The zero-order valence-electron chi connectivity index (χ0n) is 19.2. The van der Waals surface area contributed by atoms with Gasteiger partial charge in [-0.3, -0.25) is 9.59 Å². The molecule has 0 radical (unpaired) electrons. The molecule has 1 atom stereocenters. The molecular weight excluding hydrogens is 436 g/mol. The largest absolute Gasteiger partial charge is 0.481 e. The summed E-state index contributed by atoms with van der Waals surface area (Å²) in [6, 6.07) is 16.1. The van der Waals surface area contributed by atoms with E-state index in [9.17, 15) is 14.4 Å². The van der Waals surface area contributed by atoms with Gasteiger partial charge in [0.1, 0.15) is 6.61 Å². The van der Waals surface area contributed by atoms with Crippen molar-refractivity contribution in [2.24, 2.45) is 5.92 Å². The predicted molar refractivity (Wildman–Crippen MR) is 125 cm³/mol. The number of nitrogens with one attached hydrogen (secondary N) is 2. The number of amides is 2. The molecular formula is C26H30N2O6. The van der Waals surface area contributed by atoms with Crippen molar-refractivity contribution < 1.29 is 29.0 Å². The van der Waals surface area contributed by atoms with E-state index in [4.69, 9.17) is 14.6 Å². The van der Waals surface area contributed by atoms with Crippen molar-refractivity contribution in [1.82, 2.24) is 10.6 Å². The van der Waals surface area contributed by atoms with Gasteiger partial charge >= 0.3 is 12.1 Å². The molecule has 2 aromatic rings. The minimum atomic E-state index is -0.829. The van der Waals surface area contributed by atoms with Crippen LogP contribution in [-0.2, 0) is 19.1 Å². The van der Waals surface area contributed by atoms with E-state index in [0.717, 1.165) is 22.3 Å². The highest BCUT2D eigenvalue weighted by Crippen LogP contribution is 2.44. The third-order valence-corrected chi connectivity index (χ3v) is 6.49. The van der Waals surface area contributed by atoms with Crippen LogP contribution in [0.5, 0.6) is 0 Å². The van der Waals surface area contributed by atoms with Crippen LogP contribution in [0.3, 0.4) is 0 Å². The second-order valence-corrected chi connectivity index (χ2v) is 8.76. The molecule has 0 spiro atoms. The van der Waals surface area contributed by atoms with Crippen molar-refractivity contribution in [1.29, 1.82) is 0 Å². The number of carbonyl (C=O) groups is 3. The first kappa shape index (κ1) is 23.8. The average Bonchev–Trinajstić information content (AvgIpc) is 3.12. The first-order valence-corrected chi connectivity index (χ1v) is 11.7. The Balaban J connectivity index is 1.25. The number of alkyl carbamates (subject to hydrolysis) is 1. The van der Waals surface area contributed by atoms with Gasteiger partial charge in [0.2, 0.25) is 5.91 Å². The Kier molecular flexibility index (Phi) is 7.47. The van der Waals surface area contributed by atoms with Gasteiger partial charge in [0.25, 0.3) is 0 Å². The Bertz CT molecular complexity index is 1000. The van der Waals surface area contributed by atoms with E-state index in [1.807, 2.05) is 31.2 Å². The lowest BCUT2D eigenvalue weighted by Gasteiger charge is -2.33. The SMILES string of the molecule is CCOC(CNC(=O)OCC1c2ccccc2-c2ccccc21)CC(=O)NC1CC(C(=O)O)C1. The first-order valence-electron chi connectivity index (χ1n) is 11.7. The number of fused-ring (bicyclic) bond motifs is 3. The van der Waals surface area contributed by atoms with Gasteiger partial charge in [0, 0.05) is 25.1 Å². The van der Waals surface area contributed by atoms with Crippen molar-refractivity contribution in [3.05, 3.63) is 59.7 Å². The molecule has 1 fully saturated rings. The second kappa shape index (κ2) is 10.7. The van der Waals surface area contributed by atoms with E-state index in [1.165, 1.54) is 0 Å². The van der Waals surface area contributed by atoms with Crippen molar-refractivity contribution in [2.45, 2.75) is 44.2 Å². The van der Waals surface area contributed by atoms with Crippen LogP contribution in [0.4, 0.5) is 4.79 Å². The molecule has 2 aliphatic rings. The molecule has 4 rings (SSSR count). The number of carboxylic acid groups (broad SMARTS) is 1. The number of aliphatic carboxylic acids is 1. The van der Waals surface area contributed by atoms with Crippen LogP contribution in [-0.4, -0.2) is 55.0 Å². The molecule has 2 aliphatic carbocycles. The second-order valence-electron chi connectivity index (χ2n) is 8.76. The number of ether oxygens (including phenoxy) is 2. The molecule has 34 heavy (non-hydrogen) atoms. The summed E-state index contributed by atoms with van der Waals surface area (Å²) in [5, 5.41) is 14.5. The molecule has 1 unspecified atom stereocenters. The number of carboxylic acids is 1. The number of rotatable bonds is 10. The Morgan fingerprint density at radius 2 is 1.65 bits per heavy atom. The van der Waals surface area contributed by atoms with Crippen LogP contribution in [0.15, 0.2) is 48.5 Å². The van der Waals surface area contributed by atoms with E-state index in [0.29, 0.717) is 19.4 Å². The Morgan fingerprint density at radius 1 is 1.03 bits per heavy atom. The average molecular weight is 467 g/mol. The molecule has 0 bridgehead atoms. The van der Waals surface area contributed by atoms with Crippen molar-refractivity contribution in [3.63, 3.8) is 0 Å². The van der Waals surface area contributed by atoms with Crippen LogP contribution in [0.25, 0.3) is 11.1 Å². The van der Waals surface area contributed by atoms with Crippen molar-refractivity contribution >= 4 is 18.0 Å². The molecule has 8 nitrogen and oxygen atoms in total. The van der Waals surface area contributed by atoms with Gasteiger partial charge in [-0.15, -0.1) is 0 Å². The molecule has 0 aromatic heterocycles. The summed E-state index contributed by atoms with van der Waals surface area (Å²) in [5.74, 6) is -1.46. The Labute approximate surface area is 198 Å². The summed E-state index contributed by atoms with van der Waals surface area (Å²) >= 11 is 0. The number of hydrogen-bond acceptors (Lipinski definition) is 5. The number of carbonyl (C=O) groups excluding carboxylic acids is 2. The van der Waals surface area contributed by atoms with Gasteiger partial charge in [0.15, 0.2) is 0 Å². The topological polar surface area (TPSA) is 114 Å². The monoisotopic (exact) mass is 466 g/mol. The Hall–Kier alpha value is -3.39. The fourth-order valence-corrected chi connectivity index (χ4v) is 4.70. The van der Waals surface area contributed by atoms with Crippen LogP contribution in [0.1, 0.15) is 43.2 Å². The van der Waals surface area contributed by atoms with Crippen LogP contribution >= 0.6 is 0 Å². The van der Waals surface area contributed by atoms with Gasteiger partial charge < -0.3 is 25.2 Å². The third kappa shape index (κ3) is 5.39. The molecule has 0 heterocycles. The highest BCUT2D eigenvalue weighted by Gasteiger charge is 2.35. The fraction of sp³-hybridized carbons (Fsp3) is 0.423. The highest BCUT2D eigenvalue weighted by atomic mass is 16.5. The summed E-state index contributed by atoms with van der Waals surface area (Å²) in [5.41, 5.74) is 4.61. The molecule has 8 heteroatoms. The summed E-state index contributed by atoms with van der Waals surface area (Å²) in [6.07, 6.45) is -0.0984. The first-order chi connectivity index (χ1) is 16.5. The molecule has 3 N–H and O–H groups in total. The van der Waals surface area contributed by atoms with E-state index in [1.54, 1.807) is 0 Å². The van der Waals surface area contributed by atoms with Crippen molar-refractivity contribution in [3.8, 4) is 11.1 Å². The molecule has 1 saturated carbocycles. The lowest BCUT2D eigenvalue weighted by Crippen LogP contribution is -2.48. The van der Waals surface area contributed by atoms with Gasteiger partial charge in [-0.25, -0.2) is 4.79 Å². The van der Waals surface area contributed by atoms with Crippen molar-refractivity contribution in [2.75, 3.05) is 19.8 Å². The molecule has 0 saturated heterocycles. The predicted octanol–water partition coefficient (Wildman–Crippen LogP) is 3.30. The zero-order valence-corrected chi connectivity index (χ0v) is 19.2. The zero-order chi connectivity index (χ0) is 24.1. The molecule has 180 valence electrons. The van der Waals surface area contributed by atoms with E-state index < -0.39 is 18.2 Å². The molecule has 2 aromatic carbocycles. The lowest BCUT2D eigenvalue weighted by atomic mass is 9.80. The van der Waals surface area contributed by atoms with Gasteiger partial charge in [-0.1, -0.05) is 48.5 Å². The maximum absolute atomic E-state index is 12.4. The van der Waals surface area contributed by atoms with E-state index in [2.05, 4.69) is 34.9 Å². The van der Waals surface area contributed by atoms with Gasteiger partial charge in [-0.2, -0.15) is 0 Å². The minimum Gasteiger partial charge on any atom is -0.481 e. The standard InChI is InChI=1S/C26H30N2O6/c1-2-33-18(13-24(29)28-17-11-16(12-17)25(30)31)14-27-26(32)34-15-23-21-9-5-3-7-19(21)20-8-4-6-10-22(20)23/h3-10,16-18,23H,2,11-15H2,1H3,(H,27,32)(H,28,29)(H,30,31). The minimum absolute atomic E-state index is 0.0243. The van der Waals surface area contributed by atoms with Crippen LogP contribution in [0, 0.1) is 5.92 Å². The maximum atomic E-state index is 12.4.